The second kappa shape index (κ2) is 3.42. The van der Waals surface area contributed by atoms with Crippen LogP contribution in [0.5, 0.6) is 0 Å². The molecule has 0 aromatic rings. The SMILES string of the molecule is N#CCN1CCC[C@H]2COC[C@H]21. The van der Waals surface area contributed by atoms with Crippen molar-refractivity contribution in [3.63, 3.8) is 0 Å². The molecule has 2 fully saturated rings. The van der Waals surface area contributed by atoms with Gasteiger partial charge in [-0.05, 0) is 19.4 Å². The van der Waals surface area contributed by atoms with Crippen LogP contribution in [0.1, 0.15) is 12.8 Å². The molecule has 0 radical (unpaired) electrons. The Hall–Kier alpha value is -0.590. The molecule has 0 aliphatic carbocycles. The molecule has 0 spiro atoms. The Kier molecular flexibility index (Phi) is 2.29. The molecule has 0 aromatic carbocycles. The maximum Gasteiger partial charge on any atom is 0.0869 e. The normalized spacial score (nSPS) is 35.9. The molecule has 0 N–H and O–H groups in total. The van der Waals surface area contributed by atoms with E-state index in [1.165, 1.54) is 12.8 Å². The quantitative estimate of drug-likeness (QED) is 0.536. The average molecular weight is 166 g/mol. The maximum absolute atomic E-state index is 8.61. The number of ether oxygens (including phenoxy) is 1. The van der Waals surface area contributed by atoms with Crippen molar-refractivity contribution in [3.8, 4) is 6.07 Å². The van der Waals surface area contributed by atoms with Crippen molar-refractivity contribution in [2.45, 2.75) is 18.9 Å². The van der Waals surface area contributed by atoms with Gasteiger partial charge < -0.3 is 4.74 Å². The fraction of sp³-hybridized carbons (Fsp3) is 0.889. The zero-order valence-corrected chi connectivity index (χ0v) is 7.20. The summed E-state index contributed by atoms with van der Waals surface area (Å²) in [6.07, 6.45) is 2.51. The topological polar surface area (TPSA) is 36.3 Å². The molecule has 0 saturated carbocycles. The number of piperidine rings is 1. The van der Waals surface area contributed by atoms with Gasteiger partial charge in [-0.25, -0.2) is 0 Å². The van der Waals surface area contributed by atoms with Crippen LogP contribution in [0.15, 0.2) is 0 Å². The summed E-state index contributed by atoms with van der Waals surface area (Å²) in [5.41, 5.74) is 0. The lowest BCUT2D eigenvalue weighted by Crippen LogP contribution is -2.44. The van der Waals surface area contributed by atoms with Gasteiger partial charge in [0, 0.05) is 12.0 Å². The third-order valence-electron chi connectivity index (χ3n) is 2.93. The molecule has 66 valence electrons. The van der Waals surface area contributed by atoms with Crippen molar-refractivity contribution in [2.75, 3.05) is 26.3 Å². The zero-order valence-electron chi connectivity index (χ0n) is 7.20. The van der Waals surface area contributed by atoms with Crippen LogP contribution in [0.2, 0.25) is 0 Å². The standard InChI is InChI=1S/C9H14N2O/c10-3-5-11-4-1-2-8-6-12-7-9(8)11/h8-9H,1-2,4-7H2/t8-,9+/m0/s1. The van der Waals surface area contributed by atoms with Gasteiger partial charge >= 0.3 is 0 Å². The second-order valence-electron chi connectivity index (χ2n) is 3.64. The summed E-state index contributed by atoms with van der Waals surface area (Å²) in [6, 6.07) is 2.76. The molecular formula is C9H14N2O. The second-order valence-corrected chi connectivity index (χ2v) is 3.64. The highest BCUT2D eigenvalue weighted by atomic mass is 16.5. The Morgan fingerprint density at radius 1 is 1.50 bits per heavy atom. The predicted molar refractivity (Wildman–Crippen MR) is 44.5 cm³/mol. The minimum Gasteiger partial charge on any atom is -0.379 e. The van der Waals surface area contributed by atoms with E-state index in [0.29, 0.717) is 18.5 Å². The summed E-state index contributed by atoms with van der Waals surface area (Å²) >= 11 is 0. The van der Waals surface area contributed by atoms with E-state index in [1.54, 1.807) is 0 Å². The molecule has 2 saturated heterocycles. The Labute approximate surface area is 72.9 Å². The van der Waals surface area contributed by atoms with Crippen LogP contribution in [0.3, 0.4) is 0 Å². The largest absolute Gasteiger partial charge is 0.379 e. The summed E-state index contributed by atoms with van der Waals surface area (Å²) in [4.78, 5) is 2.27. The van der Waals surface area contributed by atoms with Crippen molar-refractivity contribution in [1.29, 1.82) is 5.26 Å². The van der Waals surface area contributed by atoms with Crippen LogP contribution < -0.4 is 0 Å². The highest BCUT2D eigenvalue weighted by Gasteiger charge is 2.35. The fourth-order valence-corrected chi connectivity index (χ4v) is 2.28. The Morgan fingerprint density at radius 2 is 2.42 bits per heavy atom. The van der Waals surface area contributed by atoms with E-state index in [4.69, 9.17) is 10.00 Å². The predicted octanol–water partition coefficient (Wildman–Crippen LogP) is 0.621. The molecule has 0 bridgehead atoms. The van der Waals surface area contributed by atoms with Crippen molar-refractivity contribution in [2.24, 2.45) is 5.92 Å². The molecule has 2 aliphatic rings. The Bertz CT molecular complexity index is 199. The van der Waals surface area contributed by atoms with Gasteiger partial charge in [-0.1, -0.05) is 0 Å². The molecule has 0 unspecified atom stereocenters. The summed E-state index contributed by atoms with van der Waals surface area (Å²) in [5, 5.41) is 8.61. The molecular weight excluding hydrogens is 152 g/mol. The van der Waals surface area contributed by atoms with Crippen LogP contribution in [0, 0.1) is 17.2 Å². The monoisotopic (exact) mass is 166 g/mol. The lowest BCUT2D eigenvalue weighted by Gasteiger charge is -2.34. The number of hydrogen-bond acceptors (Lipinski definition) is 3. The third kappa shape index (κ3) is 1.33. The first-order valence-corrected chi connectivity index (χ1v) is 4.60. The van der Waals surface area contributed by atoms with Crippen LogP contribution in [-0.2, 0) is 4.74 Å². The highest BCUT2D eigenvalue weighted by Crippen LogP contribution is 2.28. The van der Waals surface area contributed by atoms with Crippen molar-refractivity contribution < 1.29 is 4.74 Å². The molecule has 3 heteroatoms. The highest BCUT2D eigenvalue weighted by molar-refractivity contribution is 4.91. The minimum atomic E-state index is 0.540. The summed E-state index contributed by atoms with van der Waals surface area (Å²) in [7, 11) is 0. The molecule has 2 heterocycles. The number of likely N-dealkylation sites (tertiary alicyclic amines) is 1. The van der Waals surface area contributed by atoms with Gasteiger partial charge in [-0.3, -0.25) is 4.90 Å². The van der Waals surface area contributed by atoms with Gasteiger partial charge in [-0.2, -0.15) is 5.26 Å². The summed E-state index contributed by atoms with van der Waals surface area (Å²) < 4.78 is 5.42. The van der Waals surface area contributed by atoms with Crippen LogP contribution >= 0.6 is 0 Å². The first kappa shape index (κ1) is 8.03. The number of fused-ring (bicyclic) bond motifs is 1. The lowest BCUT2D eigenvalue weighted by molar-refractivity contribution is 0.132. The van der Waals surface area contributed by atoms with Crippen molar-refractivity contribution in [1.82, 2.24) is 4.90 Å². The van der Waals surface area contributed by atoms with Gasteiger partial charge in [0.05, 0.1) is 25.8 Å². The van der Waals surface area contributed by atoms with Gasteiger partial charge in [0.1, 0.15) is 0 Å². The van der Waals surface area contributed by atoms with Gasteiger partial charge in [-0.15, -0.1) is 0 Å². The molecule has 2 rings (SSSR count). The van der Waals surface area contributed by atoms with E-state index in [0.717, 1.165) is 19.8 Å². The van der Waals surface area contributed by atoms with E-state index in [2.05, 4.69) is 11.0 Å². The van der Waals surface area contributed by atoms with Crippen molar-refractivity contribution >= 4 is 0 Å². The molecule has 2 aliphatic heterocycles. The molecule has 0 aromatic heterocycles. The molecule has 0 amide bonds. The van der Waals surface area contributed by atoms with E-state index in [9.17, 15) is 0 Å². The zero-order chi connectivity index (χ0) is 8.39. The molecule has 12 heavy (non-hydrogen) atoms. The van der Waals surface area contributed by atoms with Crippen molar-refractivity contribution in [3.05, 3.63) is 0 Å². The number of hydrogen-bond donors (Lipinski definition) is 0. The van der Waals surface area contributed by atoms with Gasteiger partial charge in [0.15, 0.2) is 0 Å². The third-order valence-corrected chi connectivity index (χ3v) is 2.93. The van der Waals surface area contributed by atoms with E-state index in [-0.39, 0.29) is 0 Å². The minimum absolute atomic E-state index is 0.540. The van der Waals surface area contributed by atoms with Crippen LogP contribution in [-0.4, -0.2) is 37.2 Å². The van der Waals surface area contributed by atoms with E-state index in [1.807, 2.05) is 0 Å². The molecule has 2 atom stereocenters. The van der Waals surface area contributed by atoms with Crippen LogP contribution in [0.4, 0.5) is 0 Å². The van der Waals surface area contributed by atoms with Gasteiger partial charge in [0.25, 0.3) is 0 Å². The van der Waals surface area contributed by atoms with E-state index < -0.39 is 0 Å². The Morgan fingerprint density at radius 3 is 3.25 bits per heavy atom. The number of nitrogens with zero attached hydrogens (tertiary/aromatic N) is 2. The van der Waals surface area contributed by atoms with E-state index >= 15 is 0 Å². The smallest absolute Gasteiger partial charge is 0.0869 e. The summed E-state index contributed by atoms with van der Waals surface area (Å²) in [6.45, 7) is 3.40. The number of rotatable bonds is 1. The first-order chi connectivity index (χ1) is 5.92. The van der Waals surface area contributed by atoms with Crippen LogP contribution in [0.25, 0.3) is 0 Å². The summed E-state index contributed by atoms with van der Waals surface area (Å²) in [5.74, 6) is 0.701. The van der Waals surface area contributed by atoms with Gasteiger partial charge in [0.2, 0.25) is 0 Å². The maximum atomic E-state index is 8.61. The number of nitriles is 1. The average Bonchev–Trinajstić information content (AvgIpc) is 2.53. The lowest BCUT2D eigenvalue weighted by atomic mass is 9.92. The first-order valence-electron chi connectivity index (χ1n) is 4.60. The Balaban J connectivity index is 1.99. The molecule has 3 nitrogen and oxygen atoms in total. The fourth-order valence-electron chi connectivity index (χ4n) is 2.28.